The zero-order valence-electron chi connectivity index (χ0n) is 15.0. The van der Waals surface area contributed by atoms with Gasteiger partial charge in [-0.1, -0.05) is 60.7 Å². The molecular formula is C24H23S+. The van der Waals surface area contributed by atoms with Gasteiger partial charge in [0.1, 0.15) is 4.75 Å². The number of hydrogen-bond acceptors (Lipinski definition) is 0. The molecule has 25 heavy (non-hydrogen) atoms. The van der Waals surface area contributed by atoms with Crippen LogP contribution in [0.3, 0.4) is 0 Å². The third-order valence-corrected chi connectivity index (χ3v) is 7.37. The number of fused-ring (bicyclic) bond motifs is 2. The van der Waals surface area contributed by atoms with Gasteiger partial charge < -0.3 is 0 Å². The second-order valence-electron chi connectivity index (χ2n) is 7.37. The van der Waals surface area contributed by atoms with Crippen LogP contribution in [0.1, 0.15) is 20.8 Å². The Kier molecular flexibility index (Phi) is 4.05. The highest BCUT2D eigenvalue weighted by Gasteiger charge is 2.40. The maximum atomic E-state index is 2.36. The average Bonchev–Trinajstić information content (AvgIpc) is 2.61. The van der Waals surface area contributed by atoms with Gasteiger partial charge in [0.05, 0.1) is 10.9 Å². The summed E-state index contributed by atoms with van der Waals surface area (Å²) in [6.07, 6.45) is 0. The molecule has 124 valence electrons. The normalized spacial score (nSPS) is 12.2. The molecule has 0 fully saturated rings. The van der Waals surface area contributed by atoms with E-state index in [1.54, 1.807) is 0 Å². The minimum absolute atomic E-state index is 0.0177. The second-order valence-corrected chi connectivity index (χ2v) is 10.1. The van der Waals surface area contributed by atoms with E-state index in [1.807, 2.05) is 0 Å². The SMILES string of the molecule is CC(C)(C)[S+](c1cccc2ccccc12)c1cccc2ccccc12. The van der Waals surface area contributed by atoms with Crippen LogP contribution in [0.4, 0.5) is 0 Å². The zero-order chi connectivity index (χ0) is 17.4. The zero-order valence-corrected chi connectivity index (χ0v) is 15.8. The van der Waals surface area contributed by atoms with Crippen LogP contribution < -0.4 is 0 Å². The molecular weight excluding hydrogens is 320 g/mol. The van der Waals surface area contributed by atoms with Gasteiger partial charge in [-0.3, -0.25) is 0 Å². The molecule has 0 radical (unpaired) electrons. The van der Waals surface area contributed by atoms with Crippen LogP contribution in [-0.4, -0.2) is 4.75 Å². The number of benzene rings is 4. The molecule has 0 N–H and O–H groups in total. The molecule has 0 spiro atoms. The summed E-state index contributed by atoms with van der Waals surface area (Å²) in [5.74, 6) is 0. The fourth-order valence-electron chi connectivity index (χ4n) is 3.53. The van der Waals surface area contributed by atoms with Gasteiger partial charge in [0.15, 0.2) is 9.79 Å². The number of rotatable bonds is 2. The lowest BCUT2D eigenvalue weighted by Crippen LogP contribution is -2.29. The van der Waals surface area contributed by atoms with Gasteiger partial charge in [-0.05, 0) is 55.8 Å². The molecule has 1 heteroatoms. The van der Waals surface area contributed by atoms with Gasteiger partial charge in [-0.25, -0.2) is 0 Å². The molecule has 0 bridgehead atoms. The quantitative estimate of drug-likeness (QED) is 0.350. The van der Waals surface area contributed by atoms with E-state index in [-0.39, 0.29) is 15.6 Å². The molecule has 0 nitrogen and oxygen atoms in total. The lowest BCUT2D eigenvalue weighted by atomic mass is 10.1. The van der Waals surface area contributed by atoms with Crippen LogP contribution in [0, 0.1) is 0 Å². The van der Waals surface area contributed by atoms with E-state index >= 15 is 0 Å². The van der Waals surface area contributed by atoms with Gasteiger partial charge in [-0.15, -0.1) is 0 Å². The molecule has 0 unspecified atom stereocenters. The fourth-order valence-corrected chi connectivity index (χ4v) is 6.32. The van der Waals surface area contributed by atoms with Gasteiger partial charge in [-0.2, -0.15) is 0 Å². The van der Waals surface area contributed by atoms with Crippen molar-refractivity contribution in [3.05, 3.63) is 84.9 Å². The van der Waals surface area contributed by atoms with Gasteiger partial charge in [0.2, 0.25) is 0 Å². The van der Waals surface area contributed by atoms with Crippen molar-refractivity contribution in [3.63, 3.8) is 0 Å². The molecule has 0 saturated heterocycles. The standard InChI is InChI=1S/C24H23S/c1-24(2,3)25(22-16-8-12-18-10-4-6-14-20(18)22)23-17-9-13-19-11-5-7-15-21(19)23/h4-17H,1-3H3/q+1. The summed E-state index contributed by atoms with van der Waals surface area (Å²) < 4.78 is 0.147. The van der Waals surface area contributed by atoms with Gasteiger partial charge in [0.25, 0.3) is 0 Å². The highest BCUT2D eigenvalue weighted by atomic mass is 32.2. The summed E-state index contributed by atoms with van der Waals surface area (Å²) in [5, 5.41) is 5.39. The summed E-state index contributed by atoms with van der Waals surface area (Å²) in [5.41, 5.74) is 0. The van der Waals surface area contributed by atoms with Crippen molar-refractivity contribution < 1.29 is 0 Å². The third-order valence-electron chi connectivity index (χ3n) is 4.55. The van der Waals surface area contributed by atoms with Crippen molar-refractivity contribution in [2.75, 3.05) is 0 Å². The summed E-state index contributed by atoms with van der Waals surface area (Å²) in [6, 6.07) is 31.0. The Morgan fingerprint density at radius 2 is 0.920 bits per heavy atom. The minimum Gasteiger partial charge on any atom is -0.0616 e. The second kappa shape index (κ2) is 6.24. The van der Waals surface area contributed by atoms with Crippen LogP contribution in [0.2, 0.25) is 0 Å². The Morgan fingerprint density at radius 3 is 1.36 bits per heavy atom. The van der Waals surface area contributed by atoms with Crippen molar-refractivity contribution in [2.24, 2.45) is 0 Å². The molecule has 0 saturated carbocycles. The van der Waals surface area contributed by atoms with Crippen LogP contribution in [0.15, 0.2) is 94.7 Å². The maximum absolute atomic E-state index is 2.36. The third kappa shape index (κ3) is 2.94. The first-order valence-electron chi connectivity index (χ1n) is 8.76. The summed E-state index contributed by atoms with van der Waals surface area (Å²) in [7, 11) is -0.0177. The molecule has 0 atom stereocenters. The minimum atomic E-state index is -0.0177. The Morgan fingerprint density at radius 1 is 0.520 bits per heavy atom. The molecule has 0 heterocycles. The van der Waals surface area contributed by atoms with Crippen molar-refractivity contribution in [3.8, 4) is 0 Å². The van der Waals surface area contributed by atoms with E-state index in [2.05, 4.69) is 106 Å². The Hall–Kier alpha value is -2.25. The van der Waals surface area contributed by atoms with E-state index in [4.69, 9.17) is 0 Å². The molecule has 4 aromatic carbocycles. The molecule has 0 aliphatic rings. The first-order valence-corrected chi connectivity index (χ1v) is 9.98. The van der Waals surface area contributed by atoms with Crippen LogP contribution in [-0.2, 0) is 10.9 Å². The topological polar surface area (TPSA) is 0 Å². The summed E-state index contributed by atoms with van der Waals surface area (Å²) in [6.45, 7) is 7.08. The van der Waals surface area contributed by atoms with E-state index in [9.17, 15) is 0 Å². The van der Waals surface area contributed by atoms with Crippen LogP contribution in [0.25, 0.3) is 21.5 Å². The van der Waals surface area contributed by atoms with Gasteiger partial charge >= 0.3 is 0 Å². The van der Waals surface area contributed by atoms with E-state index in [0.717, 1.165) is 0 Å². The van der Waals surface area contributed by atoms with Crippen molar-refractivity contribution in [1.29, 1.82) is 0 Å². The highest BCUT2D eigenvalue weighted by Crippen LogP contribution is 2.40. The van der Waals surface area contributed by atoms with E-state index in [0.29, 0.717) is 0 Å². The van der Waals surface area contributed by atoms with E-state index in [1.165, 1.54) is 31.3 Å². The molecule has 0 aliphatic heterocycles. The summed E-state index contributed by atoms with van der Waals surface area (Å²) >= 11 is 0. The summed E-state index contributed by atoms with van der Waals surface area (Å²) in [4.78, 5) is 2.89. The molecule has 0 aliphatic carbocycles. The smallest absolute Gasteiger partial charge is 0.0616 e. The van der Waals surface area contributed by atoms with E-state index < -0.39 is 0 Å². The fraction of sp³-hybridized carbons (Fsp3) is 0.167. The van der Waals surface area contributed by atoms with Gasteiger partial charge in [0, 0.05) is 10.8 Å². The van der Waals surface area contributed by atoms with Crippen LogP contribution in [0.5, 0.6) is 0 Å². The monoisotopic (exact) mass is 343 g/mol. The first kappa shape index (κ1) is 16.2. The lowest BCUT2D eigenvalue weighted by molar-refractivity contribution is 0.788. The largest absolute Gasteiger partial charge is 0.169 e. The van der Waals surface area contributed by atoms with Crippen molar-refractivity contribution >= 4 is 32.4 Å². The van der Waals surface area contributed by atoms with Crippen molar-refractivity contribution in [1.82, 2.24) is 0 Å². The Balaban J connectivity index is 2.05. The molecule has 0 amide bonds. The predicted octanol–water partition coefficient (Wildman–Crippen LogP) is 6.83. The highest BCUT2D eigenvalue weighted by molar-refractivity contribution is 7.98. The lowest BCUT2D eigenvalue weighted by Gasteiger charge is -2.23. The maximum Gasteiger partial charge on any atom is 0.169 e. The number of hydrogen-bond donors (Lipinski definition) is 0. The molecule has 0 aromatic heterocycles. The van der Waals surface area contributed by atoms with Crippen molar-refractivity contribution in [2.45, 2.75) is 35.3 Å². The Labute approximate surface area is 152 Å². The Bertz CT molecular complexity index is 951. The predicted molar refractivity (Wildman–Crippen MR) is 112 cm³/mol. The average molecular weight is 344 g/mol. The first-order chi connectivity index (χ1) is 12.1. The molecule has 4 rings (SSSR count). The van der Waals surface area contributed by atoms with Crippen LogP contribution >= 0.6 is 0 Å². The molecule has 4 aromatic rings.